The standard InChI is InChI=1S/C16H24N2O5/c1-17(2)13-8-18(9-14(13)19)7-12-11(16(20)21)5-10(22-3)6-15(12)23-4/h5-6,13-14,19H,7-9H2,1-4H3,(H,20,21)/t13-,14-/m0/s1. The fraction of sp³-hybridized carbons (Fsp3) is 0.562. The van der Waals surface area contributed by atoms with Crippen LogP contribution >= 0.6 is 0 Å². The first-order valence-electron chi connectivity index (χ1n) is 7.42. The average molecular weight is 324 g/mol. The molecule has 0 aliphatic carbocycles. The van der Waals surface area contributed by atoms with Crippen molar-refractivity contribution in [3.05, 3.63) is 23.3 Å². The first-order chi connectivity index (χ1) is 10.9. The van der Waals surface area contributed by atoms with Crippen LogP contribution in [-0.2, 0) is 6.54 Å². The molecule has 0 amide bonds. The van der Waals surface area contributed by atoms with E-state index < -0.39 is 12.1 Å². The van der Waals surface area contributed by atoms with E-state index >= 15 is 0 Å². The lowest BCUT2D eigenvalue weighted by Crippen LogP contribution is -2.37. The van der Waals surface area contributed by atoms with Gasteiger partial charge in [-0.2, -0.15) is 0 Å². The van der Waals surface area contributed by atoms with E-state index in [9.17, 15) is 15.0 Å². The van der Waals surface area contributed by atoms with Gasteiger partial charge in [0.25, 0.3) is 0 Å². The van der Waals surface area contributed by atoms with Gasteiger partial charge in [0.05, 0.1) is 25.9 Å². The number of β-amino-alcohol motifs (C(OH)–C–C–N with tert-alkyl or cyclic N) is 1. The van der Waals surface area contributed by atoms with E-state index in [2.05, 4.69) is 0 Å². The van der Waals surface area contributed by atoms with Gasteiger partial charge in [-0.05, 0) is 20.2 Å². The third-order valence-corrected chi connectivity index (χ3v) is 4.25. The number of carbonyl (C=O) groups is 1. The molecule has 0 radical (unpaired) electrons. The molecule has 7 heteroatoms. The Morgan fingerprint density at radius 1 is 1.30 bits per heavy atom. The summed E-state index contributed by atoms with van der Waals surface area (Å²) >= 11 is 0. The lowest BCUT2D eigenvalue weighted by molar-refractivity contribution is 0.0693. The summed E-state index contributed by atoms with van der Waals surface area (Å²) in [6.07, 6.45) is -0.456. The molecule has 7 nitrogen and oxygen atoms in total. The van der Waals surface area contributed by atoms with Crippen LogP contribution in [-0.4, -0.2) is 79.5 Å². The van der Waals surface area contributed by atoms with Crippen molar-refractivity contribution in [2.24, 2.45) is 0 Å². The van der Waals surface area contributed by atoms with Crippen LogP contribution in [0.15, 0.2) is 12.1 Å². The van der Waals surface area contributed by atoms with Crippen LogP contribution in [0, 0.1) is 0 Å². The van der Waals surface area contributed by atoms with Crippen molar-refractivity contribution < 1.29 is 24.5 Å². The van der Waals surface area contributed by atoms with Crippen molar-refractivity contribution in [2.75, 3.05) is 41.4 Å². The van der Waals surface area contributed by atoms with Crippen LogP contribution < -0.4 is 9.47 Å². The van der Waals surface area contributed by atoms with Gasteiger partial charge in [0.2, 0.25) is 0 Å². The molecule has 2 rings (SSSR count). The third-order valence-electron chi connectivity index (χ3n) is 4.25. The summed E-state index contributed by atoms with van der Waals surface area (Å²) in [4.78, 5) is 15.6. The molecular weight excluding hydrogens is 300 g/mol. The summed E-state index contributed by atoms with van der Waals surface area (Å²) in [5.74, 6) is -0.110. The number of benzene rings is 1. The highest BCUT2D eigenvalue weighted by Crippen LogP contribution is 2.31. The molecule has 2 N–H and O–H groups in total. The Hall–Kier alpha value is -1.83. The molecule has 1 saturated heterocycles. The van der Waals surface area contributed by atoms with Crippen LogP contribution in [0.3, 0.4) is 0 Å². The monoisotopic (exact) mass is 324 g/mol. The van der Waals surface area contributed by atoms with Crippen LogP contribution in [0.25, 0.3) is 0 Å². The number of hydrogen-bond donors (Lipinski definition) is 2. The molecule has 1 heterocycles. The van der Waals surface area contributed by atoms with Crippen LogP contribution in [0.4, 0.5) is 0 Å². The lowest BCUT2D eigenvalue weighted by Gasteiger charge is -2.22. The van der Waals surface area contributed by atoms with E-state index in [0.717, 1.165) is 0 Å². The summed E-state index contributed by atoms with van der Waals surface area (Å²) in [6.45, 7) is 1.57. The normalized spacial score (nSPS) is 21.7. The number of hydrogen-bond acceptors (Lipinski definition) is 6. The number of ether oxygens (including phenoxy) is 2. The van der Waals surface area contributed by atoms with Gasteiger partial charge < -0.3 is 24.6 Å². The summed E-state index contributed by atoms with van der Waals surface area (Å²) in [5, 5.41) is 19.6. The van der Waals surface area contributed by atoms with Gasteiger partial charge in [-0.15, -0.1) is 0 Å². The summed E-state index contributed by atoms with van der Waals surface area (Å²) in [6, 6.07) is 3.21. The second-order valence-corrected chi connectivity index (χ2v) is 5.95. The zero-order valence-electron chi connectivity index (χ0n) is 13.9. The van der Waals surface area contributed by atoms with Gasteiger partial charge in [-0.25, -0.2) is 4.79 Å². The van der Waals surface area contributed by atoms with Gasteiger partial charge in [-0.3, -0.25) is 4.90 Å². The highest BCUT2D eigenvalue weighted by atomic mass is 16.5. The van der Waals surface area contributed by atoms with Gasteiger partial charge in [-0.1, -0.05) is 0 Å². The molecule has 2 atom stereocenters. The van der Waals surface area contributed by atoms with E-state index in [1.165, 1.54) is 20.3 Å². The maximum atomic E-state index is 11.6. The zero-order chi connectivity index (χ0) is 17.1. The van der Waals surface area contributed by atoms with Crippen molar-refractivity contribution in [1.82, 2.24) is 9.80 Å². The number of aliphatic hydroxyl groups is 1. The van der Waals surface area contributed by atoms with E-state index in [0.29, 0.717) is 36.7 Å². The Morgan fingerprint density at radius 3 is 2.48 bits per heavy atom. The quantitative estimate of drug-likeness (QED) is 0.789. The SMILES string of the molecule is COc1cc(OC)c(CN2C[C@H](O)[C@@H](N(C)C)C2)c(C(=O)O)c1. The smallest absolute Gasteiger partial charge is 0.336 e. The fourth-order valence-corrected chi connectivity index (χ4v) is 2.98. The Kier molecular flexibility index (Phi) is 5.46. The molecule has 0 bridgehead atoms. The highest BCUT2D eigenvalue weighted by Gasteiger charge is 2.33. The van der Waals surface area contributed by atoms with Crippen molar-refractivity contribution in [3.63, 3.8) is 0 Å². The average Bonchev–Trinajstić information content (AvgIpc) is 2.87. The number of likely N-dealkylation sites (N-methyl/N-ethyl adjacent to an activating group) is 1. The van der Waals surface area contributed by atoms with E-state index in [1.807, 2.05) is 23.9 Å². The number of carboxylic acid groups (broad SMARTS) is 1. The topological polar surface area (TPSA) is 82.5 Å². The molecule has 1 aliphatic rings. The van der Waals surface area contributed by atoms with E-state index in [1.54, 1.807) is 6.07 Å². The van der Waals surface area contributed by atoms with Crippen molar-refractivity contribution >= 4 is 5.97 Å². The second-order valence-electron chi connectivity index (χ2n) is 5.95. The zero-order valence-corrected chi connectivity index (χ0v) is 13.9. The Bertz CT molecular complexity index is 576. The number of rotatable bonds is 6. The van der Waals surface area contributed by atoms with Gasteiger partial charge in [0, 0.05) is 37.3 Å². The van der Waals surface area contributed by atoms with Gasteiger partial charge in [0.1, 0.15) is 11.5 Å². The molecule has 1 fully saturated rings. The van der Waals surface area contributed by atoms with Gasteiger partial charge >= 0.3 is 5.97 Å². The number of nitrogens with zero attached hydrogens (tertiary/aromatic N) is 2. The largest absolute Gasteiger partial charge is 0.497 e. The number of aliphatic hydroxyl groups excluding tert-OH is 1. The number of likely N-dealkylation sites (tertiary alicyclic amines) is 1. The highest BCUT2D eigenvalue weighted by molar-refractivity contribution is 5.91. The van der Waals surface area contributed by atoms with Crippen LogP contribution in [0.5, 0.6) is 11.5 Å². The Labute approximate surface area is 136 Å². The maximum Gasteiger partial charge on any atom is 0.336 e. The predicted molar refractivity (Wildman–Crippen MR) is 85.3 cm³/mol. The molecule has 23 heavy (non-hydrogen) atoms. The van der Waals surface area contributed by atoms with Gasteiger partial charge in [0.15, 0.2) is 0 Å². The number of aromatic carboxylic acids is 1. The van der Waals surface area contributed by atoms with Crippen LogP contribution in [0.1, 0.15) is 15.9 Å². The van der Waals surface area contributed by atoms with Crippen molar-refractivity contribution in [3.8, 4) is 11.5 Å². The van der Waals surface area contributed by atoms with E-state index in [4.69, 9.17) is 9.47 Å². The molecule has 0 unspecified atom stereocenters. The van der Waals surface area contributed by atoms with Crippen molar-refractivity contribution in [2.45, 2.75) is 18.7 Å². The molecule has 1 aromatic carbocycles. The molecule has 128 valence electrons. The fourth-order valence-electron chi connectivity index (χ4n) is 2.98. The van der Waals surface area contributed by atoms with Crippen molar-refractivity contribution in [1.29, 1.82) is 0 Å². The number of carboxylic acids is 1. The minimum atomic E-state index is -1.03. The Morgan fingerprint density at radius 2 is 2.00 bits per heavy atom. The summed E-state index contributed by atoms with van der Waals surface area (Å²) in [7, 11) is 6.84. The van der Waals surface area contributed by atoms with Crippen LogP contribution in [0.2, 0.25) is 0 Å². The molecule has 0 aromatic heterocycles. The maximum absolute atomic E-state index is 11.6. The number of methoxy groups -OCH3 is 2. The summed E-state index contributed by atoms with van der Waals surface area (Å²) < 4.78 is 10.5. The molecule has 0 saturated carbocycles. The lowest BCUT2D eigenvalue weighted by atomic mass is 10.0. The molecule has 1 aromatic rings. The molecular formula is C16H24N2O5. The molecule has 0 spiro atoms. The second kappa shape index (κ2) is 7.16. The third kappa shape index (κ3) is 3.74. The molecule has 1 aliphatic heterocycles. The van der Waals surface area contributed by atoms with E-state index in [-0.39, 0.29) is 11.6 Å². The first kappa shape index (κ1) is 17.5. The Balaban J connectivity index is 2.30. The minimum absolute atomic E-state index is 0.0347. The first-order valence-corrected chi connectivity index (χ1v) is 7.42. The minimum Gasteiger partial charge on any atom is -0.497 e. The summed E-state index contributed by atoms with van der Waals surface area (Å²) in [5.41, 5.74) is 0.747. The predicted octanol–water partition coefficient (Wildman–Crippen LogP) is 0.509.